The Labute approximate surface area is 201 Å². The minimum absolute atomic E-state index is 0.110. The summed E-state index contributed by atoms with van der Waals surface area (Å²) in [4.78, 5) is 7.24. The highest BCUT2D eigenvalue weighted by Gasteiger charge is 2.24. The summed E-state index contributed by atoms with van der Waals surface area (Å²) in [5.74, 6) is 0.423. The van der Waals surface area contributed by atoms with Crippen molar-refractivity contribution in [3.63, 3.8) is 0 Å². The van der Waals surface area contributed by atoms with E-state index in [4.69, 9.17) is 4.99 Å². The van der Waals surface area contributed by atoms with E-state index in [9.17, 15) is 8.42 Å². The molecular weight excluding hydrogens is 444 g/mol. The van der Waals surface area contributed by atoms with Gasteiger partial charge >= 0.3 is 10.2 Å². The Morgan fingerprint density at radius 2 is 1.62 bits per heavy atom. The van der Waals surface area contributed by atoms with Crippen LogP contribution in [0.4, 0.5) is 0 Å². The van der Waals surface area contributed by atoms with Crippen LogP contribution >= 0.6 is 0 Å². The number of hydrogen-bond acceptors (Lipinski definition) is 4. The number of nitrogens with zero attached hydrogens (tertiary/aromatic N) is 2. The molecule has 0 spiro atoms. The normalized spacial score (nSPS) is 20.0. The van der Waals surface area contributed by atoms with Crippen LogP contribution in [0.5, 0.6) is 0 Å². The topological polar surface area (TPSA) is 73.8 Å². The fourth-order valence-corrected chi connectivity index (χ4v) is 5.71. The molecule has 0 aliphatic carbocycles. The van der Waals surface area contributed by atoms with Crippen molar-refractivity contribution in [3.05, 3.63) is 95.2 Å². The summed E-state index contributed by atoms with van der Waals surface area (Å²) >= 11 is 0. The molecule has 2 N–H and O–H groups in total. The number of hydrogen-bond donors (Lipinski definition) is 2. The third-order valence-corrected chi connectivity index (χ3v) is 7.62. The Hall–Kier alpha value is -3.16. The van der Waals surface area contributed by atoms with Crippen LogP contribution in [0.3, 0.4) is 0 Å². The van der Waals surface area contributed by atoms with Gasteiger partial charge < -0.3 is 0 Å². The lowest BCUT2D eigenvalue weighted by atomic mass is 10.0. The fourth-order valence-electron chi connectivity index (χ4n) is 4.79. The lowest BCUT2D eigenvalue weighted by molar-refractivity contribution is 0.206. The van der Waals surface area contributed by atoms with Crippen molar-refractivity contribution in [2.45, 2.75) is 38.8 Å². The van der Waals surface area contributed by atoms with E-state index in [0.29, 0.717) is 18.0 Å². The molecule has 0 saturated carbocycles. The quantitative estimate of drug-likeness (QED) is 0.585. The molecule has 3 aromatic rings. The zero-order chi connectivity index (χ0) is 23.5. The lowest BCUT2D eigenvalue weighted by Gasteiger charge is -2.31. The first kappa shape index (κ1) is 22.6. The predicted molar refractivity (Wildman–Crippen MR) is 138 cm³/mol. The van der Waals surface area contributed by atoms with Crippen LogP contribution in [0.15, 0.2) is 83.5 Å². The van der Waals surface area contributed by atoms with Crippen LogP contribution in [-0.4, -0.2) is 38.3 Å². The second-order valence-electron chi connectivity index (χ2n) is 9.14. The van der Waals surface area contributed by atoms with Crippen molar-refractivity contribution in [1.29, 1.82) is 0 Å². The van der Waals surface area contributed by atoms with E-state index in [0.717, 1.165) is 48.8 Å². The molecule has 5 rings (SSSR count). The Morgan fingerprint density at radius 1 is 0.912 bits per heavy atom. The van der Waals surface area contributed by atoms with Gasteiger partial charge in [0.05, 0.1) is 6.04 Å². The van der Waals surface area contributed by atoms with E-state index in [1.54, 1.807) is 0 Å². The van der Waals surface area contributed by atoms with E-state index in [2.05, 4.69) is 63.7 Å². The number of likely N-dealkylation sites (tertiary alicyclic amines) is 1. The van der Waals surface area contributed by atoms with Crippen molar-refractivity contribution in [1.82, 2.24) is 14.3 Å². The average molecular weight is 475 g/mol. The van der Waals surface area contributed by atoms with Crippen LogP contribution in [0, 0.1) is 6.92 Å². The maximum Gasteiger partial charge on any atom is 0.322 e. The van der Waals surface area contributed by atoms with Crippen LogP contribution < -0.4 is 9.44 Å². The zero-order valence-electron chi connectivity index (χ0n) is 19.4. The van der Waals surface area contributed by atoms with Gasteiger partial charge in [0.25, 0.3) is 0 Å². The molecule has 3 aromatic carbocycles. The van der Waals surface area contributed by atoms with E-state index in [-0.39, 0.29) is 6.04 Å². The molecule has 34 heavy (non-hydrogen) atoms. The predicted octanol–water partition coefficient (Wildman–Crippen LogP) is 4.08. The molecule has 6 nitrogen and oxygen atoms in total. The molecule has 0 aromatic heterocycles. The first-order chi connectivity index (χ1) is 16.4. The van der Waals surface area contributed by atoms with Gasteiger partial charge in [0.2, 0.25) is 0 Å². The van der Waals surface area contributed by atoms with Crippen LogP contribution in [0.2, 0.25) is 0 Å². The van der Waals surface area contributed by atoms with Crippen LogP contribution in [-0.2, 0) is 23.2 Å². The smallest absolute Gasteiger partial charge is 0.299 e. The molecule has 0 radical (unpaired) electrons. The summed E-state index contributed by atoms with van der Waals surface area (Å²) in [7, 11) is -3.67. The molecule has 1 fully saturated rings. The number of benzene rings is 3. The Bertz CT molecular complexity index is 1350. The molecule has 0 unspecified atom stereocenters. The van der Waals surface area contributed by atoms with Gasteiger partial charge in [0, 0.05) is 37.8 Å². The molecule has 2 heterocycles. The molecule has 2 aliphatic heterocycles. The number of allylic oxidation sites excluding steroid dienone is 1. The summed E-state index contributed by atoms with van der Waals surface area (Å²) in [6, 6.07) is 22.9. The van der Waals surface area contributed by atoms with Gasteiger partial charge in [-0.25, -0.2) is 0 Å². The number of nitrogens with one attached hydrogen (secondary N) is 2. The van der Waals surface area contributed by atoms with E-state index in [1.807, 2.05) is 30.3 Å². The van der Waals surface area contributed by atoms with Crippen LogP contribution in [0.1, 0.15) is 29.5 Å². The highest BCUT2D eigenvalue weighted by atomic mass is 32.2. The molecule has 0 bridgehead atoms. The molecule has 1 saturated heterocycles. The number of amidine groups is 1. The molecular formula is C27H30N4O2S. The second kappa shape index (κ2) is 9.60. The summed E-state index contributed by atoms with van der Waals surface area (Å²) in [5, 5.41) is 2.27. The Balaban J connectivity index is 1.29. The Morgan fingerprint density at radius 3 is 2.44 bits per heavy atom. The Kier molecular flexibility index (Phi) is 6.39. The SMILES string of the molecule is Cc1ccccc1CN1CCC(N=C2C=C(Cc3cccc4ccccc34)NS(=O)(=O)N2)CC1. The van der Waals surface area contributed by atoms with Gasteiger partial charge in [-0.15, -0.1) is 0 Å². The molecule has 2 aliphatic rings. The van der Waals surface area contributed by atoms with Gasteiger partial charge in [-0.05, 0) is 47.2 Å². The lowest BCUT2D eigenvalue weighted by Crippen LogP contribution is -2.45. The van der Waals surface area contributed by atoms with Gasteiger partial charge in [-0.1, -0.05) is 66.7 Å². The van der Waals surface area contributed by atoms with Gasteiger partial charge in [0.15, 0.2) is 0 Å². The van der Waals surface area contributed by atoms with Crippen molar-refractivity contribution < 1.29 is 8.42 Å². The maximum atomic E-state index is 12.5. The molecule has 176 valence electrons. The fraction of sp³-hybridized carbons (Fsp3) is 0.296. The molecule has 0 atom stereocenters. The largest absolute Gasteiger partial charge is 0.322 e. The molecule has 7 heteroatoms. The van der Waals surface area contributed by atoms with E-state index < -0.39 is 10.2 Å². The number of piperidine rings is 1. The number of rotatable bonds is 5. The standard InChI is InChI=1S/C27H30N4O2S/c1-20-7-2-3-9-23(20)19-31-15-13-24(14-16-31)28-27-18-25(29-34(32,33)30-27)17-22-11-6-10-21-8-4-5-12-26(21)22/h2-12,18,24,29H,13-17,19H2,1H3,(H,28,30). The van der Waals surface area contributed by atoms with Crippen LogP contribution in [0.25, 0.3) is 10.8 Å². The van der Waals surface area contributed by atoms with E-state index in [1.165, 1.54) is 11.1 Å². The minimum atomic E-state index is -3.67. The van der Waals surface area contributed by atoms with Gasteiger partial charge in [-0.2, -0.15) is 8.42 Å². The zero-order valence-corrected chi connectivity index (χ0v) is 20.2. The summed E-state index contributed by atoms with van der Waals surface area (Å²) in [5.41, 5.74) is 4.39. The first-order valence-corrected chi connectivity index (χ1v) is 13.3. The average Bonchev–Trinajstić information content (AvgIpc) is 2.81. The van der Waals surface area contributed by atoms with Crippen molar-refractivity contribution in [3.8, 4) is 0 Å². The third-order valence-electron chi connectivity index (χ3n) is 6.61. The number of fused-ring (bicyclic) bond motifs is 1. The van der Waals surface area contributed by atoms with Crippen molar-refractivity contribution in [2.24, 2.45) is 4.99 Å². The first-order valence-electron chi connectivity index (χ1n) is 11.8. The highest BCUT2D eigenvalue weighted by molar-refractivity contribution is 7.88. The summed E-state index contributed by atoms with van der Waals surface area (Å²) < 4.78 is 30.2. The summed E-state index contributed by atoms with van der Waals surface area (Å²) in [6.07, 6.45) is 4.16. The van der Waals surface area contributed by atoms with Gasteiger partial charge in [0.1, 0.15) is 5.84 Å². The molecule has 0 amide bonds. The monoisotopic (exact) mass is 474 g/mol. The maximum absolute atomic E-state index is 12.5. The van der Waals surface area contributed by atoms with Crippen molar-refractivity contribution in [2.75, 3.05) is 13.1 Å². The number of aliphatic imine (C=N–C) groups is 1. The second-order valence-corrected chi connectivity index (χ2v) is 10.6. The number of aryl methyl sites for hydroxylation is 1. The third kappa shape index (κ3) is 5.32. The minimum Gasteiger partial charge on any atom is -0.299 e. The van der Waals surface area contributed by atoms with E-state index >= 15 is 0 Å². The van der Waals surface area contributed by atoms with Gasteiger partial charge in [-0.3, -0.25) is 19.3 Å². The summed E-state index contributed by atoms with van der Waals surface area (Å²) in [6.45, 7) is 5.00. The highest BCUT2D eigenvalue weighted by Crippen LogP contribution is 2.22. The van der Waals surface area contributed by atoms with Crippen molar-refractivity contribution >= 4 is 26.8 Å².